The van der Waals surface area contributed by atoms with Crippen LogP contribution in [0.5, 0.6) is 0 Å². The molecular formula is C13H25N3O5. The maximum atomic E-state index is 11.7. The maximum absolute atomic E-state index is 11.7. The quantitative estimate of drug-likeness (QED) is 0.445. The third kappa shape index (κ3) is 6.94. The SMILES string of the molecule is CCC(C)(CNC(=O)NC(C)C(=O)NCCOC)C(=O)O. The molecule has 2 unspecified atom stereocenters. The van der Waals surface area contributed by atoms with Crippen LogP contribution < -0.4 is 16.0 Å². The number of carboxylic acids is 1. The molecule has 4 N–H and O–H groups in total. The summed E-state index contributed by atoms with van der Waals surface area (Å²) in [4.78, 5) is 34.4. The summed E-state index contributed by atoms with van der Waals surface area (Å²) in [6.07, 6.45) is 0.385. The minimum atomic E-state index is -1.03. The molecule has 0 saturated heterocycles. The summed E-state index contributed by atoms with van der Waals surface area (Å²) in [6, 6.07) is -1.30. The first-order valence-corrected chi connectivity index (χ1v) is 6.81. The molecule has 0 saturated carbocycles. The fourth-order valence-corrected chi connectivity index (χ4v) is 1.37. The zero-order valence-electron chi connectivity index (χ0n) is 13.0. The minimum absolute atomic E-state index is 0.0112. The number of aliphatic carboxylic acids is 1. The van der Waals surface area contributed by atoms with Crippen LogP contribution in [0.3, 0.4) is 0 Å². The van der Waals surface area contributed by atoms with Gasteiger partial charge in [-0.3, -0.25) is 9.59 Å². The van der Waals surface area contributed by atoms with Crippen LogP contribution in [0.25, 0.3) is 0 Å². The van der Waals surface area contributed by atoms with Crippen molar-refractivity contribution in [3.8, 4) is 0 Å². The number of rotatable bonds is 9. The molecular weight excluding hydrogens is 278 g/mol. The van der Waals surface area contributed by atoms with Gasteiger partial charge in [0.25, 0.3) is 0 Å². The number of carbonyl (C=O) groups is 3. The van der Waals surface area contributed by atoms with E-state index in [2.05, 4.69) is 16.0 Å². The van der Waals surface area contributed by atoms with E-state index in [0.29, 0.717) is 19.6 Å². The van der Waals surface area contributed by atoms with Crippen molar-refractivity contribution >= 4 is 17.9 Å². The normalized spacial score (nSPS) is 14.7. The number of amides is 3. The molecule has 21 heavy (non-hydrogen) atoms. The van der Waals surface area contributed by atoms with Gasteiger partial charge in [0.15, 0.2) is 0 Å². The summed E-state index contributed by atoms with van der Waals surface area (Å²) in [7, 11) is 1.52. The van der Waals surface area contributed by atoms with E-state index in [-0.39, 0.29) is 12.5 Å². The van der Waals surface area contributed by atoms with Crippen molar-refractivity contribution < 1.29 is 24.2 Å². The van der Waals surface area contributed by atoms with Gasteiger partial charge in [-0.1, -0.05) is 6.92 Å². The molecule has 8 nitrogen and oxygen atoms in total. The Hall–Kier alpha value is -1.83. The second kappa shape index (κ2) is 9.17. The van der Waals surface area contributed by atoms with E-state index >= 15 is 0 Å². The van der Waals surface area contributed by atoms with Gasteiger partial charge in [-0.2, -0.15) is 0 Å². The first-order chi connectivity index (χ1) is 9.76. The monoisotopic (exact) mass is 303 g/mol. The van der Waals surface area contributed by atoms with Gasteiger partial charge in [-0.25, -0.2) is 4.79 Å². The maximum Gasteiger partial charge on any atom is 0.315 e. The highest BCUT2D eigenvalue weighted by atomic mass is 16.5. The van der Waals surface area contributed by atoms with Crippen molar-refractivity contribution in [2.24, 2.45) is 5.41 Å². The Balaban J connectivity index is 4.19. The zero-order valence-corrected chi connectivity index (χ0v) is 13.0. The molecule has 0 spiro atoms. The van der Waals surface area contributed by atoms with Crippen molar-refractivity contribution in [2.45, 2.75) is 33.2 Å². The van der Waals surface area contributed by atoms with Gasteiger partial charge in [0, 0.05) is 20.2 Å². The highest BCUT2D eigenvalue weighted by molar-refractivity contribution is 5.86. The topological polar surface area (TPSA) is 117 Å². The lowest BCUT2D eigenvalue weighted by atomic mass is 9.88. The standard InChI is InChI=1S/C13H25N3O5/c1-5-13(3,11(18)19)8-15-12(20)16-9(2)10(17)14-6-7-21-4/h9H,5-8H2,1-4H3,(H,14,17)(H,18,19)(H2,15,16,20). The van der Waals surface area contributed by atoms with Crippen LogP contribution in [-0.2, 0) is 14.3 Å². The fraction of sp³-hybridized carbons (Fsp3) is 0.769. The van der Waals surface area contributed by atoms with Crippen LogP contribution in [0.2, 0.25) is 0 Å². The van der Waals surface area contributed by atoms with Crippen LogP contribution >= 0.6 is 0 Å². The highest BCUT2D eigenvalue weighted by Crippen LogP contribution is 2.19. The Morgan fingerprint density at radius 3 is 2.38 bits per heavy atom. The Bertz CT molecular complexity index is 375. The predicted molar refractivity (Wildman–Crippen MR) is 76.9 cm³/mol. The number of urea groups is 1. The van der Waals surface area contributed by atoms with E-state index in [4.69, 9.17) is 9.84 Å². The average molecular weight is 303 g/mol. The molecule has 0 aliphatic carbocycles. The molecule has 0 radical (unpaired) electrons. The molecule has 0 aromatic carbocycles. The molecule has 122 valence electrons. The van der Waals surface area contributed by atoms with E-state index in [1.54, 1.807) is 13.8 Å². The van der Waals surface area contributed by atoms with Gasteiger partial charge in [-0.15, -0.1) is 0 Å². The Labute approximate surface area is 124 Å². The van der Waals surface area contributed by atoms with Crippen LogP contribution in [0.1, 0.15) is 27.2 Å². The average Bonchev–Trinajstić information content (AvgIpc) is 2.44. The van der Waals surface area contributed by atoms with Crippen molar-refractivity contribution in [2.75, 3.05) is 26.8 Å². The van der Waals surface area contributed by atoms with Crippen LogP contribution in [0, 0.1) is 5.41 Å². The summed E-state index contributed by atoms with van der Waals surface area (Å²) in [5.74, 6) is -1.31. The van der Waals surface area contributed by atoms with E-state index in [0.717, 1.165) is 0 Å². The molecule has 0 heterocycles. The van der Waals surface area contributed by atoms with Gasteiger partial charge < -0.3 is 25.8 Å². The summed E-state index contributed by atoms with van der Waals surface area (Å²) >= 11 is 0. The molecule has 0 bridgehead atoms. The number of hydrogen-bond donors (Lipinski definition) is 4. The lowest BCUT2D eigenvalue weighted by Gasteiger charge is -2.24. The smallest absolute Gasteiger partial charge is 0.315 e. The van der Waals surface area contributed by atoms with E-state index < -0.39 is 23.5 Å². The Morgan fingerprint density at radius 1 is 1.29 bits per heavy atom. The van der Waals surface area contributed by atoms with Crippen molar-refractivity contribution in [1.29, 1.82) is 0 Å². The molecule has 0 aliphatic heterocycles. The van der Waals surface area contributed by atoms with Gasteiger partial charge in [0.05, 0.1) is 12.0 Å². The molecule has 3 amide bonds. The van der Waals surface area contributed by atoms with Crippen LogP contribution in [0.4, 0.5) is 4.79 Å². The minimum Gasteiger partial charge on any atom is -0.481 e. The second-order valence-electron chi connectivity index (χ2n) is 5.05. The van der Waals surface area contributed by atoms with E-state index in [1.165, 1.54) is 14.0 Å². The first-order valence-electron chi connectivity index (χ1n) is 6.81. The molecule has 0 rings (SSSR count). The largest absolute Gasteiger partial charge is 0.481 e. The Morgan fingerprint density at radius 2 is 1.90 bits per heavy atom. The number of carboxylic acid groups (broad SMARTS) is 1. The van der Waals surface area contributed by atoms with Crippen molar-refractivity contribution in [1.82, 2.24) is 16.0 Å². The van der Waals surface area contributed by atoms with Gasteiger partial charge in [0.2, 0.25) is 5.91 Å². The van der Waals surface area contributed by atoms with Crippen molar-refractivity contribution in [3.63, 3.8) is 0 Å². The van der Waals surface area contributed by atoms with E-state index in [1.807, 2.05) is 0 Å². The second-order valence-corrected chi connectivity index (χ2v) is 5.05. The molecule has 0 fully saturated rings. The highest BCUT2D eigenvalue weighted by Gasteiger charge is 2.31. The van der Waals surface area contributed by atoms with Crippen molar-refractivity contribution in [3.05, 3.63) is 0 Å². The number of methoxy groups -OCH3 is 1. The number of nitrogens with one attached hydrogen (secondary N) is 3. The molecule has 0 aromatic rings. The molecule has 2 atom stereocenters. The van der Waals surface area contributed by atoms with Gasteiger partial charge in [0.1, 0.15) is 6.04 Å². The van der Waals surface area contributed by atoms with E-state index in [9.17, 15) is 14.4 Å². The van der Waals surface area contributed by atoms with Gasteiger partial charge in [-0.05, 0) is 20.3 Å². The molecule has 0 aromatic heterocycles. The van der Waals surface area contributed by atoms with Gasteiger partial charge >= 0.3 is 12.0 Å². The number of hydrogen-bond acceptors (Lipinski definition) is 4. The number of carbonyl (C=O) groups excluding carboxylic acids is 2. The summed E-state index contributed by atoms with van der Waals surface area (Å²) in [5.41, 5.74) is -1.03. The number of ether oxygens (including phenoxy) is 1. The third-order valence-corrected chi connectivity index (χ3v) is 3.28. The first kappa shape index (κ1) is 19.2. The molecule has 0 aliphatic rings. The summed E-state index contributed by atoms with van der Waals surface area (Å²) in [5, 5.41) is 16.6. The fourth-order valence-electron chi connectivity index (χ4n) is 1.37. The van der Waals surface area contributed by atoms with Crippen LogP contribution in [0.15, 0.2) is 0 Å². The summed E-state index contributed by atoms with van der Waals surface area (Å²) in [6.45, 7) is 5.56. The Kier molecular flexibility index (Phi) is 8.37. The zero-order chi connectivity index (χ0) is 16.5. The lowest BCUT2D eigenvalue weighted by Crippen LogP contribution is -2.51. The lowest BCUT2D eigenvalue weighted by molar-refractivity contribution is -0.147. The summed E-state index contributed by atoms with van der Waals surface area (Å²) < 4.78 is 4.79. The predicted octanol–water partition coefficient (Wildman–Crippen LogP) is -0.0624. The van der Waals surface area contributed by atoms with Crippen LogP contribution in [-0.4, -0.2) is 55.9 Å². The molecule has 8 heteroatoms. The third-order valence-electron chi connectivity index (χ3n) is 3.28.